The quantitative estimate of drug-likeness (QED) is 0.877. The fourth-order valence-electron chi connectivity index (χ4n) is 4.04. The second kappa shape index (κ2) is 8.03. The lowest BCUT2D eigenvalue weighted by Crippen LogP contribution is -2.25. The summed E-state index contributed by atoms with van der Waals surface area (Å²) >= 11 is 0. The molecule has 1 fully saturated rings. The molecule has 1 saturated carbocycles. The van der Waals surface area contributed by atoms with Crippen LogP contribution in [0.25, 0.3) is 5.69 Å². The van der Waals surface area contributed by atoms with Gasteiger partial charge in [-0.2, -0.15) is 0 Å². The van der Waals surface area contributed by atoms with Gasteiger partial charge in [-0.15, -0.1) is 22.6 Å². The molecule has 2 aliphatic rings. The molecule has 0 unspecified atom stereocenters. The largest absolute Gasteiger partial charge is 0.376 e. The van der Waals surface area contributed by atoms with E-state index in [4.69, 9.17) is 4.74 Å². The van der Waals surface area contributed by atoms with Gasteiger partial charge >= 0.3 is 0 Å². The van der Waals surface area contributed by atoms with Gasteiger partial charge in [-0.1, -0.05) is 0 Å². The predicted octanol–water partition coefficient (Wildman–Crippen LogP) is 3.88. The Morgan fingerprint density at radius 2 is 1.92 bits per heavy atom. The van der Waals surface area contributed by atoms with E-state index in [-0.39, 0.29) is 24.3 Å². The molecule has 1 N–H and O–H groups in total. The maximum absolute atomic E-state index is 13.6. The Kier molecular flexibility index (Phi) is 5.95. The zero-order valence-corrected chi connectivity index (χ0v) is 16.1. The summed E-state index contributed by atoms with van der Waals surface area (Å²) < 4.78 is 21.8. The summed E-state index contributed by atoms with van der Waals surface area (Å²) in [5.41, 5.74) is 1.96. The lowest BCUT2D eigenvalue weighted by molar-refractivity contribution is -0.0151. The molecule has 1 aliphatic carbocycles. The van der Waals surface area contributed by atoms with E-state index >= 15 is 0 Å². The SMILES string of the molecule is CC(C)OC1CCC(c2nnc3n2-c2ccc(F)cc2CNC3)CC1.Cl. The van der Waals surface area contributed by atoms with Crippen molar-refractivity contribution >= 4 is 12.4 Å². The summed E-state index contributed by atoms with van der Waals surface area (Å²) in [5.74, 6) is 2.09. The van der Waals surface area contributed by atoms with E-state index in [0.29, 0.717) is 25.1 Å². The van der Waals surface area contributed by atoms with E-state index in [0.717, 1.165) is 48.6 Å². The van der Waals surface area contributed by atoms with Crippen LogP contribution >= 0.6 is 12.4 Å². The van der Waals surface area contributed by atoms with Crippen molar-refractivity contribution in [1.82, 2.24) is 20.1 Å². The summed E-state index contributed by atoms with van der Waals surface area (Å²) in [6, 6.07) is 4.97. The van der Waals surface area contributed by atoms with Crippen LogP contribution in [0.4, 0.5) is 4.39 Å². The van der Waals surface area contributed by atoms with E-state index in [9.17, 15) is 4.39 Å². The summed E-state index contributed by atoms with van der Waals surface area (Å²) in [6.45, 7) is 5.47. The number of ether oxygens (including phenoxy) is 1. The molecule has 1 aliphatic heterocycles. The highest BCUT2D eigenvalue weighted by molar-refractivity contribution is 5.85. The number of halogens is 2. The van der Waals surface area contributed by atoms with Gasteiger partial charge in [0, 0.05) is 12.5 Å². The first-order chi connectivity index (χ1) is 12.1. The topological polar surface area (TPSA) is 52.0 Å². The van der Waals surface area contributed by atoms with Crippen molar-refractivity contribution in [2.45, 2.75) is 70.7 Å². The Bertz CT molecular complexity index is 756. The Labute approximate surface area is 159 Å². The summed E-state index contributed by atoms with van der Waals surface area (Å²) in [5, 5.41) is 12.2. The zero-order valence-electron chi connectivity index (χ0n) is 15.2. The van der Waals surface area contributed by atoms with Crippen LogP contribution in [0.5, 0.6) is 0 Å². The highest BCUT2D eigenvalue weighted by Crippen LogP contribution is 2.36. The molecule has 1 aromatic carbocycles. The first-order valence-electron chi connectivity index (χ1n) is 9.21. The molecule has 0 bridgehead atoms. The third-order valence-corrected chi connectivity index (χ3v) is 5.14. The average molecular weight is 381 g/mol. The van der Waals surface area contributed by atoms with Crippen LogP contribution < -0.4 is 5.32 Å². The van der Waals surface area contributed by atoms with Crippen molar-refractivity contribution in [2.24, 2.45) is 0 Å². The van der Waals surface area contributed by atoms with Crippen LogP contribution in [0.2, 0.25) is 0 Å². The molecule has 0 amide bonds. The number of benzene rings is 1. The number of rotatable bonds is 3. The highest BCUT2D eigenvalue weighted by atomic mass is 35.5. The molecule has 26 heavy (non-hydrogen) atoms. The monoisotopic (exact) mass is 380 g/mol. The molecule has 5 nitrogen and oxygen atoms in total. The van der Waals surface area contributed by atoms with E-state index < -0.39 is 0 Å². The maximum atomic E-state index is 13.6. The molecule has 0 atom stereocenters. The highest BCUT2D eigenvalue weighted by Gasteiger charge is 2.29. The molecule has 7 heteroatoms. The predicted molar refractivity (Wildman–Crippen MR) is 100 cm³/mol. The van der Waals surface area contributed by atoms with Crippen LogP contribution in [0, 0.1) is 5.82 Å². The zero-order chi connectivity index (χ0) is 17.4. The van der Waals surface area contributed by atoms with Crippen LogP contribution in [0.1, 0.15) is 62.7 Å². The number of nitrogens with zero attached hydrogens (tertiary/aromatic N) is 3. The minimum absolute atomic E-state index is 0. The number of hydrogen-bond acceptors (Lipinski definition) is 4. The molecule has 0 radical (unpaired) electrons. The number of hydrogen-bond donors (Lipinski definition) is 1. The van der Waals surface area contributed by atoms with Gasteiger partial charge in [-0.3, -0.25) is 4.57 Å². The molecule has 2 heterocycles. The summed E-state index contributed by atoms with van der Waals surface area (Å²) in [6.07, 6.45) is 4.85. The summed E-state index contributed by atoms with van der Waals surface area (Å²) in [7, 11) is 0. The number of aromatic nitrogens is 3. The maximum Gasteiger partial charge on any atom is 0.151 e. The van der Waals surface area contributed by atoms with Gasteiger partial charge in [0.05, 0.1) is 24.4 Å². The van der Waals surface area contributed by atoms with Gasteiger partial charge in [0.15, 0.2) is 5.82 Å². The smallest absolute Gasteiger partial charge is 0.151 e. The van der Waals surface area contributed by atoms with E-state index in [1.807, 2.05) is 6.07 Å². The van der Waals surface area contributed by atoms with Gasteiger partial charge in [-0.25, -0.2) is 4.39 Å². The van der Waals surface area contributed by atoms with E-state index in [1.54, 1.807) is 6.07 Å². The fraction of sp³-hybridized carbons (Fsp3) is 0.579. The molecule has 0 spiro atoms. The van der Waals surface area contributed by atoms with Crippen LogP contribution in [-0.2, 0) is 17.8 Å². The van der Waals surface area contributed by atoms with Gasteiger partial charge < -0.3 is 10.1 Å². The molecule has 4 rings (SSSR count). The number of nitrogens with one attached hydrogen (secondary N) is 1. The average Bonchev–Trinajstić information content (AvgIpc) is 2.91. The summed E-state index contributed by atoms with van der Waals surface area (Å²) in [4.78, 5) is 0. The second-order valence-electron chi connectivity index (χ2n) is 7.34. The standard InChI is InChI=1S/C19H25FN4O.ClH/c1-12(2)25-16-6-3-13(4-7-16)19-23-22-18-11-21-10-14-9-15(20)5-8-17(14)24(18)19;/h5,8-9,12-13,16,21H,3-4,6-7,10-11H2,1-2H3;1H. The minimum Gasteiger partial charge on any atom is -0.376 e. The van der Waals surface area contributed by atoms with Crippen molar-refractivity contribution in [3.05, 3.63) is 41.2 Å². The normalized spacial score (nSPS) is 22.3. The minimum atomic E-state index is -0.204. The molecule has 142 valence electrons. The number of fused-ring (bicyclic) bond motifs is 3. The molecule has 0 saturated heterocycles. The lowest BCUT2D eigenvalue weighted by Gasteiger charge is -2.29. The molecular weight excluding hydrogens is 355 g/mol. The molecule has 1 aromatic heterocycles. The molecular formula is C19H26ClFN4O. The van der Waals surface area contributed by atoms with Crippen LogP contribution in [0.3, 0.4) is 0 Å². The van der Waals surface area contributed by atoms with Crippen LogP contribution in [-0.4, -0.2) is 27.0 Å². The fourth-order valence-corrected chi connectivity index (χ4v) is 4.04. The Morgan fingerprint density at radius 3 is 2.65 bits per heavy atom. The lowest BCUT2D eigenvalue weighted by atomic mass is 9.86. The first-order valence-corrected chi connectivity index (χ1v) is 9.21. The van der Waals surface area contributed by atoms with Gasteiger partial charge in [0.25, 0.3) is 0 Å². The van der Waals surface area contributed by atoms with Crippen molar-refractivity contribution in [3.8, 4) is 5.69 Å². The third-order valence-electron chi connectivity index (χ3n) is 5.14. The Hall–Kier alpha value is -1.50. The van der Waals surface area contributed by atoms with E-state index in [1.165, 1.54) is 6.07 Å². The van der Waals surface area contributed by atoms with Crippen molar-refractivity contribution < 1.29 is 9.13 Å². The van der Waals surface area contributed by atoms with Gasteiger partial charge in [-0.05, 0) is 63.3 Å². The second-order valence-corrected chi connectivity index (χ2v) is 7.34. The Balaban J connectivity index is 0.00000196. The molecule has 2 aromatic rings. The van der Waals surface area contributed by atoms with Crippen LogP contribution in [0.15, 0.2) is 18.2 Å². The Morgan fingerprint density at radius 1 is 1.15 bits per heavy atom. The van der Waals surface area contributed by atoms with Gasteiger partial charge in [0.1, 0.15) is 11.6 Å². The van der Waals surface area contributed by atoms with Crippen molar-refractivity contribution in [2.75, 3.05) is 0 Å². The van der Waals surface area contributed by atoms with Crippen molar-refractivity contribution in [1.29, 1.82) is 0 Å². The van der Waals surface area contributed by atoms with Gasteiger partial charge in [0.2, 0.25) is 0 Å². The third kappa shape index (κ3) is 3.77. The first kappa shape index (κ1) is 19.3. The van der Waals surface area contributed by atoms with Crippen molar-refractivity contribution in [3.63, 3.8) is 0 Å². The van der Waals surface area contributed by atoms with E-state index in [2.05, 4.69) is 33.9 Å².